The molecule has 1 aromatic rings. The average molecular weight is 409 g/mol. The topological polar surface area (TPSA) is 77.4 Å². The van der Waals surface area contributed by atoms with Gasteiger partial charge in [0.25, 0.3) is 5.56 Å². The van der Waals surface area contributed by atoms with Crippen molar-refractivity contribution in [2.45, 2.75) is 70.6 Å². The molecule has 1 aliphatic carbocycles. The molecule has 2 aliphatic rings. The molecule has 0 saturated heterocycles. The van der Waals surface area contributed by atoms with Crippen LogP contribution in [0.15, 0.2) is 29.1 Å². The lowest BCUT2D eigenvalue weighted by molar-refractivity contribution is -0.00354. The van der Waals surface area contributed by atoms with Crippen molar-refractivity contribution in [1.82, 2.24) is 9.29 Å². The number of hydrogen-bond donors (Lipinski definition) is 1. The molecule has 28 heavy (non-hydrogen) atoms. The Morgan fingerprint density at radius 3 is 2.57 bits per heavy atom. The fourth-order valence-electron chi connectivity index (χ4n) is 4.49. The van der Waals surface area contributed by atoms with Crippen LogP contribution < -0.4 is 10.3 Å². The maximum atomic E-state index is 12.8. The highest BCUT2D eigenvalue weighted by Gasteiger charge is 2.33. The van der Waals surface area contributed by atoms with Gasteiger partial charge in [0.05, 0.1) is 25.0 Å². The Kier molecular flexibility index (Phi) is 6.78. The average Bonchev–Trinajstić information content (AvgIpc) is 2.64. The number of pyridine rings is 1. The number of nitrogens with zero attached hydrogens (tertiary/aromatic N) is 1. The van der Waals surface area contributed by atoms with E-state index < -0.39 is 10.0 Å². The highest BCUT2D eigenvalue weighted by atomic mass is 32.2. The molecule has 1 N–H and O–H groups in total. The third kappa shape index (κ3) is 5.13. The summed E-state index contributed by atoms with van der Waals surface area (Å²) in [5.74, 6) is 0.630. The van der Waals surface area contributed by atoms with E-state index >= 15 is 0 Å². The minimum Gasteiger partial charge on any atom is -0.376 e. The van der Waals surface area contributed by atoms with Crippen LogP contribution in [0.25, 0.3) is 0 Å². The monoisotopic (exact) mass is 408 g/mol. The Labute approximate surface area is 168 Å². The maximum Gasteiger partial charge on any atom is 0.254 e. The first-order valence-electron chi connectivity index (χ1n) is 10.2. The van der Waals surface area contributed by atoms with Crippen molar-refractivity contribution in [2.24, 2.45) is 5.92 Å². The molecule has 1 aromatic heterocycles. The molecule has 1 aliphatic heterocycles. The van der Waals surface area contributed by atoms with E-state index in [9.17, 15) is 13.2 Å². The predicted molar refractivity (Wildman–Crippen MR) is 111 cm³/mol. The normalized spacial score (nSPS) is 28.4. The van der Waals surface area contributed by atoms with Crippen LogP contribution in [0, 0.1) is 12.8 Å². The van der Waals surface area contributed by atoms with E-state index in [0.29, 0.717) is 30.9 Å². The molecule has 1 fully saturated rings. The van der Waals surface area contributed by atoms with Crippen molar-refractivity contribution < 1.29 is 13.2 Å². The summed E-state index contributed by atoms with van der Waals surface area (Å²) in [6, 6.07) is 3.17. The summed E-state index contributed by atoms with van der Waals surface area (Å²) in [5, 5.41) is 0. The van der Waals surface area contributed by atoms with Crippen molar-refractivity contribution in [3.05, 3.63) is 45.9 Å². The van der Waals surface area contributed by atoms with E-state index in [-0.39, 0.29) is 23.7 Å². The van der Waals surface area contributed by atoms with Crippen LogP contribution in [0.2, 0.25) is 0 Å². The molecule has 0 aromatic carbocycles. The van der Waals surface area contributed by atoms with Crippen LogP contribution in [0.1, 0.15) is 56.3 Å². The lowest BCUT2D eigenvalue weighted by atomic mass is 9.87. The van der Waals surface area contributed by atoms with E-state index in [0.717, 1.165) is 31.4 Å². The molecule has 1 saturated carbocycles. The van der Waals surface area contributed by atoms with Crippen molar-refractivity contribution in [3.8, 4) is 0 Å². The minimum atomic E-state index is -3.37. The fourth-order valence-corrected chi connectivity index (χ4v) is 5.32. The number of fused-ring (bicyclic) bond motifs is 1. The summed E-state index contributed by atoms with van der Waals surface area (Å²) in [6.07, 6.45) is 11.3. The van der Waals surface area contributed by atoms with Crippen molar-refractivity contribution in [3.63, 3.8) is 0 Å². The van der Waals surface area contributed by atoms with Gasteiger partial charge in [0.15, 0.2) is 0 Å². The van der Waals surface area contributed by atoms with Gasteiger partial charge in [-0.25, -0.2) is 13.1 Å². The highest BCUT2D eigenvalue weighted by Crippen LogP contribution is 2.30. The maximum absolute atomic E-state index is 12.8. The number of ether oxygens (including phenoxy) is 1. The summed E-state index contributed by atoms with van der Waals surface area (Å²) in [7, 11) is -3.37. The van der Waals surface area contributed by atoms with Crippen LogP contribution in [0.5, 0.6) is 0 Å². The van der Waals surface area contributed by atoms with E-state index in [1.807, 2.05) is 12.1 Å². The van der Waals surface area contributed by atoms with Gasteiger partial charge in [-0.2, -0.15) is 0 Å². The van der Waals surface area contributed by atoms with Crippen molar-refractivity contribution in [1.29, 1.82) is 0 Å². The van der Waals surface area contributed by atoms with Crippen molar-refractivity contribution >= 4 is 10.0 Å². The number of allylic oxidation sites excluding steroid dienone is 2. The Bertz CT molecular complexity index is 867. The molecular formula is C21H32N2O4S. The van der Waals surface area contributed by atoms with Gasteiger partial charge in [0, 0.05) is 17.3 Å². The molecule has 0 unspecified atom stereocenters. The minimum absolute atomic E-state index is 0.0529. The largest absolute Gasteiger partial charge is 0.376 e. The number of rotatable bonds is 6. The SMILES string of the molecule is C/C=C\C1CCC(OC[C@@H]2[C@@H](NS(C)(=O)=O)CCc3ccc(C)c(=O)n32)CC1. The third-order valence-corrected chi connectivity index (χ3v) is 6.68. The summed E-state index contributed by atoms with van der Waals surface area (Å²) < 4.78 is 34.4. The van der Waals surface area contributed by atoms with E-state index in [4.69, 9.17) is 4.74 Å². The summed E-state index contributed by atoms with van der Waals surface area (Å²) in [4.78, 5) is 12.8. The van der Waals surface area contributed by atoms with E-state index in [1.165, 1.54) is 6.26 Å². The standard InChI is InChI=1S/C21H32N2O4S/c1-4-5-16-7-11-18(12-8-16)27-14-20-19(22-28(3,25)26)13-10-17-9-6-15(2)21(24)23(17)20/h4-6,9,16,18-20,22H,7-8,10-14H2,1-3H3/b5-4-/t16?,18?,19-,20+/m0/s1. The predicted octanol–water partition coefficient (Wildman–Crippen LogP) is 2.71. The first-order chi connectivity index (χ1) is 13.3. The number of aromatic nitrogens is 1. The summed E-state index contributed by atoms with van der Waals surface area (Å²) in [6.45, 7) is 4.20. The number of aryl methyl sites for hydroxylation is 2. The van der Waals surface area contributed by atoms with Crippen LogP contribution in [-0.2, 0) is 21.2 Å². The van der Waals surface area contributed by atoms with Gasteiger partial charge in [0.2, 0.25) is 10.0 Å². The van der Waals surface area contributed by atoms with Gasteiger partial charge in [-0.05, 0) is 64.4 Å². The molecular weight excluding hydrogens is 376 g/mol. The van der Waals surface area contributed by atoms with Crippen LogP contribution in [0.4, 0.5) is 0 Å². The van der Waals surface area contributed by atoms with Gasteiger partial charge in [-0.3, -0.25) is 4.79 Å². The van der Waals surface area contributed by atoms with E-state index in [2.05, 4.69) is 23.8 Å². The Morgan fingerprint density at radius 2 is 1.93 bits per heavy atom. The molecule has 0 bridgehead atoms. The molecule has 6 nitrogen and oxygen atoms in total. The van der Waals surface area contributed by atoms with Gasteiger partial charge in [-0.15, -0.1) is 0 Å². The lowest BCUT2D eigenvalue weighted by Gasteiger charge is -2.37. The van der Waals surface area contributed by atoms with Gasteiger partial charge in [0.1, 0.15) is 0 Å². The quantitative estimate of drug-likeness (QED) is 0.734. The first kappa shape index (κ1) is 21.3. The zero-order chi connectivity index (χ0) is 20.3. The number of hydrogen-bond acceptors (Lipinski definition) is 4. The zero-order valence-corrected chi connectivity index (χ0v) is 17.9. The Morgan fingerprint density at radius 1 is 1.21 bits per heavy atom. The van der Waals surface area contributed by atoms with Crippen LogP contribution in [0.3, 0.4) is 0 Å². The summed E-state index contributed by atoms with van der Waals surface area (Å²) in [5.41, 5.74) is 1.57. The molecule has 0 radical (unpaired) electrons. The smallest absolute Gasteiger partial charge is 0.254 e. The number of nitrogens with one attached hydrogen (secondary N) is 1. The second kappa shape index (κ2) is 8.93. The Balaban J connectivity index is 1.77. The molecule has 156 valence electrons. The van der Waals surface area contributed by atoms with Gasteiger partial charge < -0.3 is 9.30 Å². The molecule has 3 rings (SSSR count). The lowest BCUT2D eigenvalue weighted by Crippen LogP contribution is -2.49. The molecule has 2 atom stereocenters. The zero-order valence-electron chi connectivity index (χ0n) is 17.1. The highest BCUT2D eigenvalue weighted by molar-refractivity contribution is 7.88. The van der Waals surface area contributed by atoms with Gasteiger partial charge >= 0.3 is 0 Å². The molecule has 7 heteroatoms. The molecule has 0 amide bonds. The third-order valence-electron chi connectivity index (χ3n) is 5.95. The first-order valence-corrected chi connectivity index (χ1v) is 12.1. The Hall–Kier alpha value is -1.44. The fraction of sp³-hybridized carbons (Fsp3) is 0.667. The second-order valence-electron chi connectivity index (χ2n) is 8.18. The summed E-state index contributed by atoms with van der Waals surface area (Å²) >= 11 is 0. The van der Waals surface area contributed by atoms with Crippen molar-refractivity contribution in [2.75, 3.05) is 12.9 Å². The molecule has 0 spiro atoms. The van der Waals surface area contributed by atoms with Gasteiger partial charge in [-0.1, -0.05) is 18.2 Å². The van der Waals surface area contributed by atoms with E-state index in [1.54, 1.807) is 11.5 Å². The van der Waals surface area contributed by atoms with Crippen LogP contribution in [-0.4, -0.2) is 38.0 Å². The molecule has 2 heterocycles. The number of sulfonamides is 1. The van der Waals surface area contributed by atoms with Crippen LogP contribution >= 0.6 is 0 Å². The second-order valence-corrected chi connectivity index (χ2v) is 9.96.